The molecule has 0 aromatic heterocycles. The van der Waals surface area contributed by atoms with E-state index >= 15 is 0 Å². The van der Waals surface area contributed by atoms with Crippen LogP contribution in [0.1, 0.15) is 27.2 Å². The summed E-state index contributed by atoms with van der Waals surface area (Å²) in [4.78, 5) is 13.1. The average Bonchev–Trinajstić information content (AvgIpc) is 2.36. The minimum atomic E-state index is 0.233. The molecule has 12 heavy (non-hydrogen) atoms. The molecule has 1 amide bonds. The van der Waals surface area contributed by atoms with Gasteiger partial charge < -0.3 is 4.90 Å². The number of nitrogens with one attached hydrogen (secondary N) is 1. The van der Waals surface area contributed by atoms with Gasteiger partial charge in [0.25, 0.3) is 0 Å². The Balaban J connectivity index is 2.45. The van der Waals surface area contributed by atoms with Gasteiger partial charge in [0.15, 0.2) is 0 Å². The number of carbonyl (C=O) groups is 1. The highest BCUT2D eigenvalue weighted by Crippen LogP contribution is 2.21. The first-order valence-corrected chi connectivity index (χ1v) is 4.54. The van der Waals surface area contributed by atoms with E-state index in [0.717, 1.165) is 19.6 Å². The van der Waals surface area contributed by atoms with Crippen LogP contribution in [0, 0.1) is 5.41 Å². The molecule has 0 unspecified atom stereocenters. The maximum Gasteiger partial charge on any atom is 0.237 e. The van der Waals surface area contributed by atoms with Crippen LogP contribution in [0.15, 0.2) is 0 Å². The third-order valence-corrected chi connectivity index (χ3v) is 2.51. The quantitative estimate of drug-likeness (QED) is 0.680. The van der Waals surface area contributed by atoms with E-state index in [1.165, 1.54) is 0 Å². The van der Waals surface area contributed by atoms with Gasteiger partial charge >= 0.3 is 0 Å². The van der Waals surface area contributed by atoms with Crippen LogP contribution in [0.25, 0.3) is 0 Å². The minimum Gasteiger partial charge on any atom is -0.328 e. The van der Waals surface area contributed by atoms with Gasteiger partial charge in [-0.25, -0.2) is 0 Å². The van der Waals surface area contributed by atoms with E-state index in [2.05, 4.69) is 26.1 Å². The van der Waals surface area contributed by atoms with Crippen molar-refractivity contribution < 1.29 is 4.79 Å². The molecule has 1 aliphatic heterocycles. The molecular weight excluding hydrogens is 152 g/mol. The smallest absolute Gasteiger partial charge is 0.237 e. The molecule has 3 nitrogen and oxygen atoms in total. The van der Waals surface area contributed by atoms with Crippen LogP contribution in [0.5, 0.6) is 0 Å². The summed E-state index contributed by atoms with van der Waals surface area (Å²) >= 11 is 0. The van der Waals surface area contributed by atoms with Gasteiger partial charge in [-0.1, -0.05) is 20.8 Å². The highest BCUT2D eigenvalue weighted by Gasteiger charge is 2.26. The topological polar surface area (TPSA) is 32.3 Å². The maximum absolute atomic E-state index is 11.2. The first-order chi connectivity index (χ1) is 5.55. The fourth-order valence-corrected chi connectivity index (χ4v) is 1.27. The lowest BCUT2D eigenvalue weighted by Crippen LogP contribution is -2.35. The van der Waals surface area contributed by atoms with E-state index < -0.39 is 0 Å². The molecule has 0 bridgehead atoms. The molecule has 0 aliphatic carbocycles. The molecule has 1 heterocycles. The molecular formula is C9H18N2O. The fraction of sp³-hybridized carbons (Fsp3) is 0.889. The van der Waals surface area contributed by atoms with Crippen LogP contribution in [0.4, 0.5) is 0 Å². The normalized spacial score (nSPS) is 18.9. The zero-order valence-corrected chi connectivity index (χ0v) is 8.18. The monoisotopic (exact) mass is 170 g/mol. The molecule has 1 N–H and O–H groups in total. The number of hydrogen-bond acceptors (Lipinski definition) is 2. The van der Waals surface area contributed by atoms with Gasteiger partial charge in [0.05, 0.1) is 13.2 Å². The molecule has 0 aromatic rings. The number of rotatable bonds is 3. The second-order valence-corrected chi connectivity index (χ2v) is 4.19. The second kappa shape index (κ2) is 3.44. The van der Waals surface area contributed by atoms with E-state index in [4.69, 9.17) is 0 Å². The third kappa shape index (κ3) is 2.21. The number of nitrogens with zero attached hydrogens (tertiary/aromatic N) is 1. The molecule has 0 saturated carbocycles. The Morgan fingerprint density at radius 3 is 2.67 bits per heavy atom. The van der Waals surface area contributed by atoms with Crippen LogP contribution in [0.3, 0.4) is 0 Å². The van der Waals surface area contributed by atoms with Crippen molar-refractivity contribution in [3.8, 4) is 0 Å². The van der Waals surface area contributed by atoms with Crippen LogP contribution in [-0.4, -0.2) is 30.6 Å². The first-order valence-electron chi connectivity index (χ1n) is 4.54. The minimum absolute atomic E-state index is 0.233. The SMILES string of the molecule is CCC(C)(C)CN1CNCC1=O. The largest absolute Gasteiger partial charge is 0.328 e. The molecule has 0 atom stereocenters. The fourth-order valence-electron chi connectivity index (χ4n) is 1.27. The van der Waals surface area contributed by atoms with Crippen molar-refractivity contribution in [1.82, 2.24) is 10.2 Å². The van der Waals surface area contributed by atoms with Crippen molar-refractivity contribution in [1.29, 1.82) is 0 Å². The number of hydrogen-bond donors (Lipinski definition) is 1. The van der Waals surface area contributed by atoms with Crippen LogP contribution in [0.2, 0.25) is 0 Å². The van der Waals surface area contributed by atoms with Gasteiger partial charge in [0.1, 0.15) is 0 Å². The van der Waals surface area contributed by atoms with Crippen molar-refractivity contribution in [2.75, 3.05) is 19.8 Å². The molecule has 1 aliphatic rings. The summed E-state index contributed by atoms with van der Waals surface area (Å²) in [6.07, 6.45) is 1.11. The standard InChI is InChI=1S/C9H18N2O/c1-4-9(2,3)6-11-7-10-5-8(11)12/h10H,4-7H2,1-3H3. The van der Waals surface area contributed by atoms with Crippen molar-refractivity contribution in [3.63, 3.8) is 0 Å². The number of amides is 1. The predicted octanol–water partition coefficient (Wildman–Crippen LogP) is 0.812. The van der Waals surface area contributed by atoms with E-state index in [-0.39, 0.29) is 11.3 Å². The zero-order chi connectivity index (χ0) is 9.19. The molecule has 1 saturated heterocycles. The lowest BCUT2D eigenvalue weighted by atomic mass is 9.90. The highest BCUT2D eigenvalue weighted by molar-refractivity contribution is 5.80. The molecule has 0 radical (unpaired) electrons. The molecule has 70 valence electrons. The first kappa shape index (κ1) is 9.52. The van der Waals surface area contributed by atoms with E-state index in [0.29, 0.717) is 6.54 Å². The van der Waals surface area contributed by atoms with E-state index in [1.807, 2.05) is 4.90 Å². The summed E-state index contributed by atoms with van der Waals surface area (Å²) in [7, 11) is 0. The summed E-state index contributed by atoms with van der Waals surface area (Å²) in [5.74, 6) is 0.233. The molecule has 1 fully saturated rings. The summed E-state index contributed by atoms with van der Waals surface area (Å²) in [6.45, 7) is 8.66. The van der Waals surface area contributed by atoms with Gasteiger partial charge in [-0.05, 0) is 11.8 Å². The Kier molecular flexibility index (Phi) is 2.73. The number of carbonyl (C=O) groups excluding carboxylic acids is 1. The van der Waals surface area contributed by atoms with Gasteiger partial charge in [0, 0.05) is 6.54 Å². The van der Waals surface area contributed by atoms with Gasteiger partial charge in [-0.3, -0.25) is 10.1 Å². The Hall–Kier alpha value is -0.570. The summed E-state index contributed by atoms with van der Waals surface area (Å²) in [6, 6.07) is 0. The molecule has 0 spiro atoms. The Morgan fingerprint density at radius 1 is 1.58 bits per heavy atom. The third-order valence-electron chi connectivity index (χ3n) is 2.51. The maximum atomic E-state index is 11.2. The lowest BCUT2D eigenvalue weighted by molar-refractivity contribution is -0.127. The van der Waals surface area contributed by atoms with Crippen molar-refractivity contribution in [3.05, 3.63) is 0 Å². The Morgan fingerprint density at radius 2 is 2.25 bits per heavy atom. The van der Waals surface area contributed by atoms with E-state index in [1.54, 1.807) is 0 Å². The highest BCUT2D eigenvalue weighted by atomic mass is 16.2. The second-order valence-electron chi connectivity index (χ2n) is 4.19. The van der Waals surface area contributed by atoms with E-state index in [9.17, 15) is 4.79 Å². The summed E-state index contributed by atoms with van der Waals surface area (Å²) in [5, 5.41) is 3.05. The van der Waals surface area contributed by atoms with Crippen LogP contribution < -0.4 is 5.32 Å². The molecule has 1 rings (SSSR count). The predicted molar refractivity (Wildman–Crippen MR) is 48.7 cm³/mol. The van der Waals surface area contributed by atoms with Gasteiger partial charge in [0.2, 0.25) is 5.91 Å². The van der Waals surface area contributed by atoms with Crippen LogP contribution in [-0.2, 0) is 4.79 Å². The summed E-state index contributed by atoms with van der Waals surface area (Å²) in [5.41, 5.74) is 0.252. The lowest BCUT2D eigenvalue weighted by Gasteiger charge is -2.28. The average molecular weight is 170 g/mol. The Bertz CT molecular complexity index is 177. The van der Waals surface area contributed by atoms with Crippen molar-refractivity contribution in [2.24, 2.45) is 5.41 Å². The van der Waals surface area contributed by atoms with Crippen molar-refractivity contribution >= 4 is 5.91 Å². The van der Waals surface area contributed by atoms with Gasteiger partial charge in [-0.2, -0.15) is 0 Å². The zero-order valence-electron chi connectivity index (χ0n) is 8.18. The van der Waals surface area contributed by atoms with Gasteiger partial charge in [-0.15, -0.1) is 0 Å². The molecule has 3 heteroatoms. The van der Waals surface area contributed by atoms with Crippen molar-refractivity contribution in [2.45, 2.75) is 27.2 Å². The molecule has 0 aromatic carbocycles. The Labute approximate surface area is 74.1 Å². The summed E-state index contributed by atoms with van der Waals surface area (Å²) < 4.78 is 0. The van der Waals surface area contributed by atoms with Crippen LogP contribution >= 0.6 is 0 Å².